The van der Waals surface area contributed by atoms with Crippen LogP contribution in [0.3, 0.4) is 0 Å². The summed E-state index contributed by atoms with van der Waals surface area (Å²) in [4.78, 5) is 11.0. The number of aromatic nitrogens is 2. The third kappa shape index (κ3) is 4.07. The van der Waals surface area contributed by atoms with Crippen LogP contribution in [0.5, 0.6) is 0 Å². The maximum atomic E-state index is 11.6. The fourth-order valence-electron chi connectivity index (χ4n) is 2.89. The van der Waals surface area contributed by atoms with Gasteiger partial charge in [0.1, 0.15) is 5.82 Å². The van der Waals surface area contributed by atoms with Gasteiger partial charge in [0.25, 0.3) is 0 Å². The summed E-state index contributed by atoms with van der Waals surface area (Å²) in [6.07, 6.45) is 1.20. The summed E-state index contributed by atoms with van der Waals surface area (Å²) in [6.45, 7) is 7.48. The van der Waals surface area contributed by atoms with E-state index in [0.29, 0.717) is 18.4 Å². The summed E-state index contributed by atoms with van der Waals surface area (Å²) in [5.74, 6) is 2.02. The van der Waals surface area contributed by atoms with Gasteiger partial charge >= 0.3 is 0 Å². The average molecular weight is 327 g/mol. The lowest BCUT2D eigenvalue weighted by atomic mass is 9.92. The fourth-order valence-corrected chi connectivity index (χ4v) is 3.69. The van der Waals surface area contributed by atoms with E-state index >= 15 is 0 Å². The molecule has 0 radical (unpaired) electrons. The molecule has 0 saturated carbocycles. The molecule has 1 aliphatic rings. The quantitative estimate of drug-likeness (QED) is 0.833. The molecule has 0 aromatic carbocycles. The van der Waals surface area contributed by atoms with Crippen LogP contribution in [0.1, 0.15) is 19.5 Å². The van der Waals surface area contributed by atoms with Gasteiger partial charge < -0.3 is 10.2 Å². The highest BCUT2D eigenvalue weighted by atomic mass is 32.2. The number of hydrogen-bond acceptors (Lipinski definition) is 6. The molecule has 0 amide bonds. The molecule has 0 bridgehead atoms. The Balaban J connectivity index is 2.25. The molecule has 124 valence electrons. The zero-order chi connectivity index (χ0) is 16.5. The Labute approximate surface area is 132 Å². The Morgan fingerprint density at radius 2 is 2.00 bits per heavy atom. The molecule has 2 atom stereocenters. The van der Waals surface area contributed by atoms with Gasteiger partial charge in [-0.15, -0.1) is 0 Å². The zero-order valence-corrected chi connectivity index (χ0v) is 14.6. The Bertz CT molecular complexity index is 632. The van der Waals surface area contributed by atoms with Crippen LogP contribution in [0, 0.1) is 18.8 Å². The van der Waals surface area contributed by atoms with Crippen LogP contribution in [0.15, 0.2) is 6.07 Å². The maximum Gasteiger partial charge on any atom is 0.227 e. The van der Waals surface area contributed by atoms with E-state index in [0.717, 1.165) is 18.1 Å². The Morgan fingerprint density at radius 3 is 2.55 bits per heavy atom. The van der Waals surface area contributed by atoms with Crippen molar-refractivity contribution in [1.82, 2.24) is 14.7 Å². The largest absolute Gasteiger partial charge is 0.373 e. The minimum Gasteiger partial charge on any atom is -0.373 e. The third-order valence-electron chi connectivity index (χ3n) is 3.97. The summed E-state index contributed by atoms with van der Waals surface area (Å²) in [5.41, 5.74) is 0.884. The lowest BCUT2D eigenvalue weighted by Crippen LogP contribution is -2.41. The van der Waals surface area contributed by atoms with Gasteiger partial charge in [-0.05, 0) is 18.8 Å². The summed E-state index contributed by atoms with van der Waals surface area (Å²) < 4.78 is 25.9. The van der Waals surface area contributed by atoms with Crippen LogP contribution < -0.4 is 14.9 Å². The molecule has 1 fully saturated rings. The van der Waals surface area contributed by atoms with Crippen molar-refractivity contribution in [2.45, 2.75) is 26.8 Å². The fraction of sp³-hybridized carbons (Fsp3) is 0.714. The molecule has 22 heavy (non-hydrogen) atoms. The van der Waals surface area contributed by atoms with Gasteiger partial charge in [-0.1, -0.05) is 13.8 Å². The van der Waals surface area contributed by atoms with Crippen molar-refractivity contribution in [1.29, 1.82) is 0 Å². The number of rotatable bonds is 5. The van der Waals surface area contributed by atoms with Crippen LogP contribution >= 0.6 is 0 Å². The normalized spacial score (nSPS) is 22.4. The first-order chi connectivity index (χ1) is 10.2. The molecule has 7 nitrogen and oxygen atoms in total. The van der Waals surface area contributed by atoms with E-state index in [1.54, 1.807) is 0 Å². The molecular formula is C14H25N5O2S. The molecule has 0 spiro atoms. The predicted octanol–water partition coefficient (Wildman–Crippen LogP) is 0.837. The topological polar surface area (TPSA) is 87.2 Å². The van der Waals surface area contributed by atoms with Crippen molar-refractivity contribution in [3.05, 3.63) is 11.8 Å². The SMILES string of the molecule is CNc1cc(C)nc(N2C[C@H](NS(C)(=O)=O)[C@@H](C(C)C)C2)n1. The molecule has 2 N–H and O–H groups in total. The van der Waals surface area contributed by atoms with Gasteiger partial charge in [-0.25, -0.2) is 18.1 Å². The summed E-state index contributed by atoms with van der Waals surface area (Å²) >= 11 is 0. The van der Waals surface area contributed by atoms with E-state index in [1.165, 1.54) is 6.26 Å². The molecule has 8 heteroatoms. The molecule has 2 rings (SSSR count). The monoisotopic (exact) mass is 327 g/mol. The lowest BCUT2D eigenvalue weighted by molar-refractivity contribution is 0.364. The Kier molecular flexibility index (Phi) is 4.91. The molecular weight excluding hydrogens is 302 g/mol. The van der Waals surface area contributed by atoms with E-state index in [4.69, 9.17) is 0 Å². The summed E-state index contributed by atoms with van der Waals surface area (Å²) in [6, 6.07) is 1.77. The van der Waals surface area contributed by atoms with E-state index in [9.17, 15) is 8.42 Å². The van der Waals surface area contributed by atoms with Gasteiger partial charge in [0.2, 0.25) is 16.0 Å². The first-order valence-corrected chi connectivity index (χ1v) is 9.34. The maximum absolute atomic E-state index is 11.6. The minimum atomic E-state index is -3.23. The number of hydrogen-bond donors (Lipinski definition) is 2. The molecule has 1 aromatic heterocycles. The van der Waals surface area contributed by atoms with Crippen molar-refractivity contribution in [3.8, 4) is 0 Å². The molecule has 0 unspecified atom stereocenters. The second kappa shape index (κ2) is 6.37. The second-order valence-electron chi connectivity index (χ2n) is 6.25. The van der Waals surface area contributed by atoms with Gasteiger partial charge in [-0.2, -0.15) is 4.98 Å². The van der Waals surface area contributed by atoms with Crippen LogP contribution in [0.4, 0.5) is 11.8 Å². The standard InChI is InChI=1S/C14H25N5O2S/c1-9(2)11-7-19(8-12(11)18-22(5,20)21)14-16-10(3)6-13(15-4)17-14/h6,9,11-12,18H,7-8H2,1-5H3,(H,15,16,17)/t11-,12+/m1/s1. The molecule has 1 aliphatic heterocycles. The second-order valence-corrected chi connectivity index (χ2v) is 8.03. The highest BCUT2D eigenvalue weighted by Crippen LogP contribution is 2.28. The van der Waals surface area contributed by atoms with Crippen molar-refractivity contribution in [3.63, 3.8) is 0 Å². The smallest absolute Gasteiger partial charge is 0.227 e. The molecule has 1 aromatic rings. The van der Waals surface area contributed by atoms with Crippen molar-refractivity contribution in [2.75, 3.05) is 36.6 Å². The van der Waals surface area contributed by atoms with Gasteiger partial charge in [0, 0.05) is 37.9 Å². The van der Waals surface area contributed by atoms with E-state index in [-0.39, 0.29) is 12.0 Å². The number of nitrogens with zero attached hydrogens (tertiary/aromatic N) is 3. The van der Waals surface area contributed by atoms with Crippen LogP contribution in [0.2, 0.25) is 0 Å². The molecule has 2 heterocycles. The van der Waals surface area contributed by atoms with E-state index < -0.39 is 10.0 Å². The minimum absolute atomic E-state index is 0.114. The highest BCUT2D eigenvalue weighted by Gasteiger charge is 2.37. The van der Waals surface area contributed by atoms with Crippen LogP contribution in [-0.4, -0.2) is 50.8 Å². The van der Waals surface area contributed by atoms with E-state index in [2.05, 4.69) is 38.8 Å². The summed E-state index contributed by atoms with van der Waals surface area (Å²) in [5, 5.41) is 3.03. The van der Waals surface area contributed by atoms with Crippen molar-refractivity contribution in [2.24, 2.45) is 11.8 Å². The number of nitrogens with one attached hydrogen (secondary N) is 2. The number of anilines is 2. The van der Waals surface area contributed by atoms with Gasteiger partial charge in [0.15, 0.2) is 0 Å². The molecule has 1 saturated heterocycles. The lowest BCUT2D eigenvalue weighted by Gasteiger charge is -2.21. The predicted molar refractivity (Wildman–Crippen MR) is 88.6 cm³/mol. The van der Waals surface area contributed by atoms with Gasteiger partial charge in [0.05, 0.1) is 6.26 Å². The van der Waals surface area contributed by atoms with Crippen LogP contribution in [-0.2, 0) is 10.0 Å². The third-order valence-corrected chi connectivity index (χ3v) is 4.70. The van der Waals surface area contributed by atoms with E-state index in [1.807, 2.05) is 20.0 Å². The Hall–Kier alpha value is -1.41. The Morgan fingerprint density at radius 1 is 1.32 bits per heavy atom. The average Bonchev–Trinajstić information content (AvgIpc) is 2.79. The molecule has 0 aliphatic carbocycles. The number of sulfonamides is 1. The summed E-state index contributed by atoms with van der Waals surface area (Å²) in [7, 11) is -1.41. The first-order valence-electron chi connectivity index (χ1n) is 7.45. The number of aryl methyl sites for hydroxylation is 1. The van der Waals surface area contributed by atoms with Crippen molar-refractivity contribution < 1.29 is 8.42 Å². The van der Waals surface area contributed by atoms with Crippen LogP contribution in [0.25, 0.3) is 0 Å². The van der Waals surface area contributed by atoms with Gasteiger partial charge in [-0.3, -0.25) is 0 Å². The highest BCUT2D eigenvalue weighted by molar-refractivity contribution is 7.88. The zero-order valence-electron chi connectivity index (χ0n) is 13.8. The first kappa shape index (κ1) is 17.0. The van der Waals surface area contributed by atoms with Crippen molar-refractivity contribution >= 4 is 21.8 Å².